The van der Waals surface area contributed by atoms with Crippen LogP contribution in [0.4, 0.5) is 5.69 Å². The first-order valence-electron chi connectivity index (χ1n) is 10.2. The Labute approximate surface area is 180 Å². The Morgan fingerprint density at radius 3 is 2.48 bits per heavy atom. The van der Waals surface area contributed by atoms with Gasteiger partial charge in [-0.05, 0) is 37.3 Å². The number of hydrogen-bond acceptors (Lipinski definition) is 6. The van der Waals surface area contributed by atoms with Crippen LogP contribution in [0.2, 0.25) is 0 Å². The van der Waals surface area contributed by atoms with Crippen LogP contribution >= 0.6 is 0 Å². The monoisotopic (exact) mass is 419 g/mol. The first kappa shape index (κ1) is 20.6. The highest BCUT2D eigenvalue weighted by Gasteiger charge is 2.27. The first-order chi connectivity index (χ1) is 15.1. The van der Waals surface area contributed by atoms with Gasteiger partial charge in [0.05, 0.1) is 12.8 Å². The largest absolute Gasteiger partial charge is 0.497 e. The number of piperazine rings is 1. The van der Waals surface area contributed by atoms with Gasteiger partial charge in [0.1, 0.15) is 11.8 Å². The highest BCUT2D eigenvalue weighted by Crippen LogP contribution is 2.23. The molecule has 0 spiro atoms. The lowest BCUT2D eigenvalue weighted by Gasteiger charge is -2.37. The van der Waals surface area contributed by atoms with Crippen molar-refractivity contribution in [3.05, 3.63) is 71.3 Å². The number of nitrogens with zero attached hydrogens (tertiary/aromatic N) is 5. The number of rotatable bonds is 5. The third-order valence-corrected chi connectivity index (χ3v) is 5.54. The predicted octanol–water partition coefficient (Wildman–Crippen LogP) is 2.22. The Bertz CT molecular complexity index is 1110. The molecule has 1 aliphatic heterocycles. The van der Waals surface area contributed by atoms with E-state index in [4.69, 9.17) is 4.74 Å². The second-order valence-corrected chi connectivity index (χ2v) is 7.43. The number of benzene rings is 1. The Kier molecular flexibility index (Phi) is 5.97. The summed E-state index contributed by atoms with van der Waals surface area (Å²) in [6.45, 7) is 4.32. The molecule has 4 rings (SSSR count). The summed E-state index contributed by atoms with van der Waals surface area (Å²) >= 11 is 0. The molecule has 1 unspecified atom stereocenters. The number of carbonyl (C=O) groups excluding carboxylic acids is 1. The summed E-state index contributed by atoms with van der Waals surface area (Å²) in [5.74, 6) is 0.705. The molecular weight excluding hydrogens is 394 g/mol. The molecule has 1 saturated heterocycles. The summed E-state index contributed by atoms with van der Waals surface area (Å²) in [7, 11) is 1.65. The molecule has 3 aromatic rings. The fourth-order valence-corrected chi connectivity index (χ4v) is 3.74. The van der Waals surface area contributed by atoms with Crippen LogP contribution in [0.5, 0.6) is 5.75 Å². The predicted molar refractivity (Wildman–Crippen MR) is 118 cm³/mol. The molecule has 1 aliphatic rings. The number of ether oxygens (including phenoxy) is 1. The van der Waals surface area contributed by atoms with E-state index in [2.05, 4.69) is 15.0 Å². The molecule has 0 aliphatic carbocycles. The van der Waals surface area contributed by atoms with E-state index in [9.17, 15) is 9.59 Å². The summed E-state index contributed by atoms with van der Waals surface area (Å²) in [4.78, 5) is 33.6. The number of aromatic nitrogens is 3. The van der Waals surface area contributed by atoms with Crippen LogP contribution < -0.4 is 15.2 Å². The maximum atomic E-state index is 13.1. The van der Waals surface area contributed by atoms with E-state index in [1.807, 2.05) is 36.4 Å². The molecule has 8 nitrogen and oxygen atoms in total. The SMILES string of the molecule is COc1cccc(N2CCN(C(=O)C(C)n3nc(-c4ccncc4)ccc3=O)CC2)c1. The molecule has 8 heteroatoms. The van der Waals surface area contributed by atoms with Crippen LogP contribution in [0.1, 0.15) is 13.0 Å². The maximum absolute atomic E-state index is 13.1. The fraction of sp³-hybridized carbons (Fsp3) is 0.304. The van der Waals surface area contributed by atoms with E-state index in [0.717, 1.165) is 17.0 Å². The second kappa shape index (κ2) is 8.99. The molecule has 1 fully saturated rings. The van der Waals surface area contributed by atoms with Crippen molar-refractivity contribution < 1.29 is 9.53 Å². The van der Waals surface area contributed by atoms with Gasteiger partial charge in [0, 0.05) is 62.0 Å². The zero-order valence-electron chi connectivity index (χ0n) is 17.6. The van der Waals surface area contributed by atoms with Gasteiger partial charge >= 0.3 is 0 Å². The highest BCUT2D eigenvalue weighted by atomic mass is 16.5. The first-order valence-corrected chi connectivity index (χ1v) is 10.2. The number of amides is 1. The maximum Gasteiger partial charge on any atom is 0.267 e. The molecule has 1 atom stereocenters. The molecule has 0 N–H and O–H groups in total. The molecule has 160 valence electrons. The van der Waals surface area contributed by atoms with Crippen molar-refractivity contribution in [1.82, 2.24) is 19.7 Å². The van der Waals surface area contributed by atoms with E-state index in [0.29, 0.717) is 31.9 Å². The standard InChI is InChI=1S/C23H25N5O3/c1-17(28-22(29)7-6-21(25-28)18-8-10-24-11-9-18)23(30)27-14-12-26(13-15-27)19-4-3-5-20(16-19)31-2/h3-11,16-17H,12-15H2,1-2H3. The summed E-state index contributed by atoms with van der Waals surface area (Å²) in [5.41, 5.74) is 2.25. The molecule has 0 radical (unpaired) electrons. The zero-order valence-corrected chi connectivity index (χ0v) is 17.6. The lowest BCUT2D eigenvalue weighted by atomic mass is 10.2. The van der Waals surface area contributed by atoms with Gasteiger partial charge in [0.15, 0.2) is 0 Å². The molecule has 0 saturated carbocycles. The molecule has 1 amide bonds. The van der Waals surface area contributed by atoms with Crippen LogP contribution in [0.3, 0.4) is 0 Å². The molecule has 31 heavy (non-hydrogen) atoms. The van der Waals surface area contributed by atoms with Gasteiger partial charge in [-0.25, -0.2) is 4.68 Å². The number of carbonyl (C=O) groups is 1. The van der Waals surface area contributed by atoms with Crippen LogP contribution in [0.15, 0.2) is 65.7 Å². The summed E-state index contributed by atoms with van der Waals surface area (Å²) in [5, 5.41) is 4.44. The van der Waals surface area contributed by atoms with Gasteiger partial charge in [-0.15, -0.1) is 0 Å². The lowest BCUT2D eigenvalue weighted by molar-refractivity contribution is -0.135. The third-order valence-electron chi connectivity index (χ3n) is 5.54. The topological polar surface area (TPSA) is 80.6 Å². The summed E-state index contributed by atoms with van der Waals surface area (Å²) in [6.07, 6.45) is 3.34. The highest BCUT2D eigenvalue weighted by molar-refractivity contribution is 5.80. The third kappa shape index (κ3) is 4.42. The van der Waals surface area contributed by atoms with Crippen LogP contribution in [0, 0.1) is 0 Å². The number of methoxy groups -OCH3 is 1. The Morgan fingerprint density at radius 1 is 1.03 bits per heavy atom. The fourth-order valence-electron chi connectivity index (χ4n) is 3.74. The lowest BCUT2D eigenvalue weighted by Crippen LogP contribution is -2.51. The number of pyridine rings is 1. The zero-order chi connectivity index (χ0) is 21.8. The number of hydrogen-bond donors (Lipinski definition) is 0. The van der Waals surface area contributed by atoms with Gasteiger partial charge in [0.25, 0.3) is 5.56 Å². The quantitative estimate of drug-likeness (QED) is 0.631. The Hall–Kier alpha value is -3.68. The average Bonchev–Trinajstić information content (AvgIpc) is 2.84. The van der Waals surface area contributed by atoms with Gasteiger partial charge in [-0.3, -0.25) is 14.6 Å². The van der Waals surface area contributed by atoms with Crippen molar-refractivity contribution in [2.45, 2.75) is 13.0 Å². The minimum absolute atomic E-state index is 0.105. The van der Waals surface area contributed by atoms with Crippen molar-refractivity contribution >= 4 is 11.6 Å². The minimum atomic E-state index is -0.683. The van der Waals surface area contributed by atoms with Crippen molar-refractivity contribution in [2.75, 3.05) is 38.2 Å². The molecule has 2 aromatic heterocycles. The summed E-state index contributed by atoms with van der Waals surface area (Å²) < 4.78 is 6.57. The van der Waals surface area contributed by atoms with Gasteiger partial charge in [-0.1, -0.05) is 6.07 Å². The van der Waals surface area contributed by atoms with E-state index in [-0.39, 0.29) is 11.5 Å². The number of anilines is 1. The average molecular weight is 419 g/mol. The van der Waals surface area contributed by atoms with E-state index in [1.54, 1.807) is 37.4 Å². The smallest absolute Gasteiger partial charge is 0.267 e. The Morgan fingerprint density at radius 2 is 1.77 bits per heavy atom. The summed E-state index contributed by atoms with van der Waals surface area (Å²) in [6, 6.07) is 14.0. The van der Waals surface area contributed by atoms with Gasteiger partial charge in [-0.2, -0.15) is 5.10 Å². The van der Waals surface area contributed by atoms with Crippen LogP contribution in [0.25, 0.3) is 11.3 Å². The van der Waals surface area contributed by atoms with Crippen LogP contribution in [-0.4, -0.2) is 58.9 Å². The van der Waals surface area contributed by atoms with Crippen LogP contribution in [-0.2, 0) is 4.79 Å². The van der Waals surface area contributed by atoms with E-state index in [1.165, 1.54) is 10.7 Å². The Balaban J connectivity index is 1.46. The molecule has 0 bridgehead atoms. The van der Waals surface area contributed by atoms with Crippen molar-refractivity contribution in [3.63, 3.8) is 0 Å². The van der Waals surface area contributed by atoms with E-state index >= 15 is 0 Å². The minimum Gasteiger partial charge on any atom is -0.497 e. The second-order valence-electron chi connectivity index (χ2n) is 7.43. The van der Waals surface area contributed by atoms with Crippen molar-refractivity contribution in [3.8, 4) is 17.0 Å². The molecule has 1 aromatic carbocycles. The van der Waals surface area contributed by atoms with Crippen molar-refractivity contribution in [1.29, 1.82) is 0 Å². The molecule has 3 heterocycles. The normalized spacial score (nSPS) is 14.9. The van der Waals surface area contributed by atoms with Crippen molar-refractivity contribution in [2.24, 2.45) is 0 Å². The molecular formula is C23H25N5O3. The van der Waals surface area contributed by atoms with Gasteiger partial charge < -0.3 is 14.5 Å². The van der Waals surface area contributed by atoms with E-state index < -0.39 is 6.04 Å². The van der Waals surface area contributed by atoms with Gasteiger partial charge in [0.2, 0.25) is 5.91 Å².